The number of halogens is 1. The third kappa shape index (κ3) is 2.94. The lowest BCUT2D eigenvalue weighted by Gasteiger charge is -2.22. The Hall–Kier alpha value is -0.650. The Morgan fingerprint density at radius 2 is 2.36 bits per heavy atom. The van der Waals surface area contributed by atoms with Gasteiger partial charge < -0.3 is 4.90 Å². The lowest BCUT2D eigenvalue weighted by molar-refractivity contribution is 0.850. The highest BCUT2D eigenvalue weighted by molar-refractivity contribution is 14.1. The van der Waals surface area contributed by atoms with Crippen LogP contribution in [-0.2, 0) is 0 Å². The lowest BCUT2D eigenvalue weighted by Crippen LogP contribution is -2.26. The molecule has 0 spiro atoms. The molecule has 0 atom stereocenters. The summed E-state index contributed by atoms with van der Waals surface area (Å²) in [6.45, 7) is 9.83. The fourth-order valence-corrected chi connectivity index (χ4v) is 1.84. The molecule has 4 heteroatoms. The van der Waals surface area contributed by atoms with Crippen molar-refractivity contribution in [3.8, 4) is 0 Å². The zero-order valence-electron chi connectivity index (χ0n) is 8.50. The van der Waals surface area contributed by atoms with E-state index in [2.05, 4.69) is 51.0 Å². The van der Waals surface area contributed by atoms with Crippen molar-refractivity contribution in [2.45, 2.75) is 13.8 Å². The summed E-state index contributed by atoms with van der Waals surface area (Å²) in [6.07, 6.45) is 3.41. The molecule has 0 saturated carbocycles. The maximum atomic E-state index is 4.27. The molecule has 0 amide bonds. The number of likely N-dealkylation sites (N-methyl/N-ethyl adjacent to an activating group) is 1. The van der Waals surface area contributed by atoms with Gasteiger partial charge in [-0.25, -0.2) is 9.97 Å². The van der Waals surface area contributed by atoms with Crippen LogP contribution in [0.25, 0.3) is 0 Å². The van der Waals surface area contributed by atoms with E-state index in [1.807, 2.05) is 13.1 Å². The normalized spacial score (nSPS) is 9.93. The molecule has 0 aliphatic rings. The van der Waals surface area contributed by atoms with E-state index in [4.69, 9.17) is 0 Å². The van der Waals surface area contributed by atoms with Gasteiger partial charge in [0.05, 0.1) is 3.57 Å². The minimum atomic E-state index is 0.851. The highest BCUT2D eigenvalue weighted by Gasteiger charge is 2.08. The summed E-state index contributed by atoms with van der Waals surface area (Å²) in [7, 11) is 0. The fraction of sp³-hybridized carbons (Fsp3) is 0.400. The molecule has 1 heterocycles. The predicted octanol–water partition coefficient (Wildman–Crippen LogP) is 2.48. The lowest BCUT2D eigenvalue weighted by atomic mass is 10.3. The van der Waals surface area contributed by atoms with Gasteiger partial charge in [0.25, 0.3) is 0 Å². The van der Waals surface area contributed by atoms with Crippen molar-refractivity contribution in [3.63, 3.8) is 0 Å². The zero-order chi connectivity index (χ0) is 10.6. The van der Waals surface area contributed by atoms with Crippen LogP contribution in [0.15, 0.2) is 24.7 Å². The summed E-state index contributed by atoms with van der Waals surface area (Å²) in [5.41, 5.74) is 1.14. The first-order chi connectivity index (χ1) is 6.65. The van der Waals surface area contributed by atoms with E-state index in [0.717, 1.165) is 28.1 Å². The van der Waals surface area contributed by atoms with E-state index < -0.39 is 0 Å². The van der Waals surface area contributed by atoms with Crippen LogP contribution in [0.3, 0.4) is 0 Å². The molecule has 0 aromatic carbocycles. The fourth-order valence-electron chi connectivity index (χ4n) is 1.20. The second-order valence-electron chi connectivity index (χ2n) is 3.17. The highest BCUT2D eigenvalue weighted by atomic mass is 127. The SMILES string of the molecule is C=C(C)CN(CC)c1ncncc1I. The minimum Gasteiger partial charge on any atom is -0.352 e. The number of rotatable bonds is 4. The maximum Gasteiger partial charge on any atom is 0.145 e. The van der Waals surface area contributed by atoms with Crippen molar-refractivity contribution in [2.75, 3.05) is 18.0 Å². The number of hydrogen-bond acceptors (Lipinski definition) is 3. The Morgan fingerprint density at radius 1 is 1.64 bits per heavy atom. The standard InChI is InChI=1S/C10H14IN3/c1-4-14(6-8(2)3)10-9(11)5-12-7-13-10/h5,7H,2,4,6H2,1,3H3. The molecule has 0 aliphatic carbocycles. The molecule has 0 bridgehead atoms. The van der Waals surface area contributed by atoms with Crippen molar-refractivity contribution in [3.05, 3.63) is 28.2 Å². The van der Waals surface area contributed by atoms with Gasteiger partial charge in [-0.3, -0.25) is 0 Å². The molecule has 0 radical (unpaired) electrons. The second-order valence-corrected chi connectivity index (χ2v) is 4.33. The summed E-state index contributed by atoms with van der Waals surface area (Å²) in [4.78, 5) is 10.4. The topological polar surface area (TPSA) is 29.0 Å². The average molecular weight is 303 g/mol. The Balaban J connectivity index is 2.89. The highest BCUT2D eigenvalue weighted by Crippen LogP contribution is 2.18. The maximum absolute atomic E-state index is 4.27. The molecule has 1 aromatic heterocycles. The van der Waals surface area contributed by atoms with Gasteiger partial charge in [-0.1, -0.05) is 12.2 Å². The summed E-state index contributed by atoms with van der Waals surface area (Å²) in [5, 5.41) is 0. The molecule has 0 fully saturated rings. The predicted molar refractivity (Wildman–Crippen MR) is 67.5 cm³/mol. The van der Waals surface area contributed by atoms with Crippen LogP contribution in [0, 0.1) is 3.57 Å². The molecule has 1 rings (SSSR count). The second kappa shape index (κ2) is 5.29. The Morgan fingerprint density at radius 3 is 2.86 bits per heavy atom. The van der Waals surface area contributed by atoms with E-state index in [-0.39, 0.29) is 0 Å². The zero-order valence-corrected chi connectivity index (χ0v) is 10.7. The Bertz CT molecular complexity index is 325. The number of anilines is 1. The van der Waals surface area contributed by atoms with Crippen LogP contribution in [0.4, 0.5) is 5.82 Å². The first-order valence-electron chi connectivity index (χ1n) is 4.50. The smallest absolute Gasteiger partial charge is 0.145 e. The van der Waals surface area contributed by atoms with Gasteiger partial charge >= 0.3 is 0 Å². The van der Waals surface area contributed by atoms with Gasteiger partial charge in [0.15, 0.2) is 0 Å². The summed E-state index contributed by atoms with van der Waals surface area (Å²) >= 11 is 2.25. The Kier molecular flexibility index (Phi) is 4.31. The van der Waals surface area contributed by atoms with Crippen LogP contribution in [0.2, 0.25) is 0 Å². The molecular formula is C10H14IN3. The first-order valence-corrected chi connectivity index (χ1v) is 5.57. The van der Waals surface area contributed by atoms with Crippen LogP contribution >= 0.6 is 22.6 Å². The molecule has 0 N–H and O–H groups in total. The van der Waals surface area contributed by atoms with E-state index in [1.54, 1.807) is 6.33 Å². The van der Waals surface area contributed by atoms with Crippen molar-refractivity contribution in [1.29, 1.82) is 0 Å². The van der Waals surface area contributed by atoms with E-state index in [9.17, 15) is 0 Å². The molecular weight excluding hydrogens is 289 g/mol. The summed E-state index contributed by atoms with van der Waals surface area (Å²) in [5.74, 6) is 0.992. The van der Waals surface area contributed by atoms with Crippen molar-refractivity contribution >= 4 is 28.4 Å². The van der Waals surface area contributed by atoms with Crippen LogP contribution in [0.1, 0.15) is 13.8 Å². The molecule has 0 unspecified atom stereocenters. The van der Waals surface area contributed by atoms with Gasteiger partial charge in [0.2, 0.25) is 0 Å². The minimum absolute atomic E-state index is 0.851. The van der Waals surface area contributed by atoms with Gasteiger partial charge in [-0.05, 0) is 36.4 Å². The van der Waals surface area contributed by atoms with Crippen LogP contribution < -0.4 is 4.90 Å². The molecule has 3 nitrogen and oxygen atoms in total. The van der Waals surface area contributed by atoms with Gasteiger partial charge in [-0.2, -0.15) is 0 Å². The quantitative estimate of drug-likeness (QED) is 0.632. The molecule has 0 aliphatic heterocycles. The van der Waals surface area contributed by atoms with Crippen LogP contribution in [0.5, 0.6) is 0 Å². The molecule has 1 aromatic rings. The molecule has 14 heavy (non-hydrogen) atoms. The van der Waals surface area contributed by atoms with Gasteiger partial charge in [0.1, 0.15) is 12.1 Å². The third-order valence-electron chi connectivity index (χ3n) is 1.79. The van der Waals surface area contributed by atoms with E-state index in [1.165, 1.54) is 0 Å². The average Bonchev–Trinajstić information content (AvgIpc) is 2.15. The van der Waals surface area contributed by atoms with E-state index in [0.29, 0.717) is 0 Å². The van der Waals surface area contributed by atoms with Crippen molar-refractivity contribution in [2.24, 2.45) is 0 Å². The third-order valence-corrected chi connectivity index (χ3v) is 2.55. The van der Waals surface area contributed by atoms with Gasteiger partial charge in [0, 0.05) is 19.3 Å². The summed E-state index contributed by atoms with van der Waals surface area (Å²) < 4.78 is 1.08. The first kappa shape index (κ1) is 11.4. The largest absolute Gasteiger partial charge is 0.352 e. The Labute approximate surface area is 98.4 Å². The molecule has 76 valence electrons. The number of hydrogen-bond donors (Lipinski definition) is 0. The van der Waals surface area contributed by atoms with Crippen molar-refractivity contribution in [1.82, 2.24) is 9.97 Å². The monoisotopic (exact) mass is 303 g/mol. The number of nitrogens with zero attached hydrogens (tertiary/aromatic N) is 3. The van der Waals surface area contributed by atoms with Crippen LogP contribution in [-0.4, -0.2) is 23.1 Å². The van der Waals surface area contributed by atoms with Gasteiger partial charge in [-0.15, -0.1) is 0 Å². The van der Waals surface area contributed by atoms with E-state index >= 15 is 0 Å². The van der Waals surface area contributed by atoms with Crippen molar-refractivity contribution < 1.29 is 0 Å². The number of aromatic nitrogens is 2. The molecule has 0 saturated heterocycles. The summed E-state index contributed by atoms with van der Waals surface area (Å²) in [6, 6.07) is 0.